The van der Waals surface area contributed by atoms with Crippen LogP contribution in [0.4, 0.5) is 0 Å². The molecule has 1 heterocycles. The smallest absolute Gasteiger partial charge is 0.231 e. The van der Waals surface area contributed by atoms with Crippen molar-refractivity contribution in [2.75, 3.05) is 13.1 Å². The first-order valence-corrected chi connectivity index (χ1v) is 2.17. The predicted molar refractivity (Wildman–Crippen MR) is 29.8 cm³/mol. The molecule has 0 spiro atoms. The average molecular weight is 113 g/mol. The van der Waals surface area contributed by atoms with Crippen LogP contribution in [0.15, 0.2) is 4.99 Å². The molecule has 0 saturated heterocycles. The van der Waals surface area contributed by atoms with Crippen LogP contribution in [-0.2, 0) is 4.79 Å². The highest BCUT2D eigenvalue weighted by molar-refractivity contribution is 5.56. The third-order valence-corrected chi connectivity index (χ3v) is 0.568. The Morgan fingerprint density at radius 1 is 1.88 bits per heavy atom. The third kappa shape index (κ3) is 4.85. The molecule has 0 radical (unpaired) electrons. The van der Waals surface area contributed by atoms with E-state index in [4.69, 9.17) is 10.2 Å². The van der Waals surface area contributed by atoms with Crippen molar-refractivity contribution in [1.29, 1.82) is 5.41 Å². The molecule has 44 valence electrons. The predicted octanol–water partition coefficient (Wildman–Crippen LogP) is -0.481. The van der Waals surface area contributed by atoms with E-state index >= 15 is 0 Å². The molecule has 1 aliphatic heterocycles. The van der Waals surface area contributed by atoms with E-state index in [1.807, 2.05) is 0 Å². The Morgan fingerprint density at radius 2 is 2.50 bits per heavy atom. The molecule has 8 heavy (non-hydrogen) atoms. The van der Waals surface area contributed by atoms with Crippen LogP contribution >= 0.6 is 0 Å². The summed E-state index contributed by atoms with van der Waals surface area (Å²) in [5.74, 6) is 0. The van der Waals surface area contributed by atoms with E-state index in [0.29, 0.717) is 0 Å². The summed E-state index contributed by atoms with van der Waals surface area (Å²) < 4.78 is 0. The molecule has 0 bridgehead atoms. The average Bonchev–Trinajstić information content (AvgIpc) is 2.17. The molecule has 0 aromatic carbocycles. The van der Waals surface area contributed by atoms with Crippen LogP contribution in [0.3, 0.4) is 0 Å². The van der Waals surface area contributed by atoms with Gasteiger partial charge in [-0.25, -0.2) is 10.2 Å². The fraction of sp³-hybridized carbons (Fsp3) is 0.500. The maximum atomic E-state index is 8.35. The molecule has 0 amide bonds. The Morgan fingerprint density at radius 3 is 2.62 bits per heavy atom. The lowest BCUT2D eigenvalue weighted by Gasteiger charge is -1.75. The van der Waals surface area contributed by atoms with Gasteiger partial charge >= 0.3 is 0 Å². The summed E-state index contributed by atoms with van der Waals surface area (Å²) in [4.78, 5) is 12.2. The van der Waals surface area contributed by atoms with Gasteiger partial charge in [0.1, 0.15) is 0 Å². The molecule has 4 heteroatoms. The van der Waals surface area contributed by atoms with E-state index in [1.54, 1.807) is 6.34 Å². The van der Waals surface area contributed by atoms with Gasteiger partial charge in [0.2, 0.25) is 6.08 Å². The standard InChI is InChI=1S/C3H6N2.CHNO/c1-2-5-3-4-1;2-1-3/h3H,1-2H2,(H,4,5);2H. The summed E-state index contributed by atoms with van der Waals surface area (Å²) in [6, 6.07) is 0. The highest BCUT2D eigenvalue weighted by Crippen LogP contribution is 1.68. The maximum absolute atomic E-state index is 8.35. The van der Waals surface area contributed by atoms with Crippen LogP contribution in [0.5, 0.6) is 0 Å². The van der Waals surface area contributed by atoms with Gasteiger partial charge in [0.05, 0.1) is 12.9 Å². The fourth-order valence-electron chi connectivity index (χ4n) is 0.323. The molecule has 0 unspecified atom stereocenters. The number of hydrogen-bond acceptors (Lipinski definition) is 4. The molecular formula is C4H7N3O. The van der Waals surface area contributed by atoms with Gasteiger partial charge in [0.15, 0.2) is 0 Å². The fourth-order valence-corrected chi connectivity index (χ4v) is 0.323. The number of nitrogens with zero attached hydrogens (tertiary/aromatic N) is 1. The highest BCUT2D eigenvalue weighted by atomic mass is 16.1. The molecule has 0 aliphatic carbocycles. The van der Waals surface area contributed by atoms with E-state index in [1.165, 1.54) is 0 Å². The van der Waals surface area contributed by atoms with E-state index in [2.05, 4.69) is 10.3 Å². The van der Waals surface area contributed by atoms with Crippen molar-refractivity contribution in [1.82, 2.24) is 5.32 Å². The van der Waals surface area contributed by atoms with Crippen molar-refractivity contribution in [2.24, 2.45) is 4.99 Å². The first-order chi connectivity index (χ1) is 3.91. The molecule has 1 aliphatic rings. The second-order valence-corrected chi connectivity index (χ2v) is 1.09. The lowest BCUT2D eigenvalue weighted by atomic mass is 10.7. The Kier molecular flexibility index (Phi) is 5.01. The van der Waals surface area contributed by atoms with Gasteiger partial charge in [-0.1, -0.05) is 0 Å². The second-order valence-electron chi connectivity index (χ2n) is 1.09. The third-order valence-electron chi connectivity index (χ3n) is 0.568. The maximum Gasteiger partial charge on any atom is 0.231 e. The summed E-state index contributed by atoms with van der Waals surface area (Å²) >= 11 is 0. The van der Waals surface area contributed by atoms with Crippen LogP contribution in [0.1, 0.15) is 0 Å². The Bertz CT molecular complexity index is 97.9. The minimum absolute atomic E-state index is 0.750. The van der Waals surface area contributed by atoms with Crippen molar-refractivity contribution in [3.05, 3.63) is 0 Å². The lowest BCUT2D eigenvalue weighted by molar-refractivity contribution is 0.563. The Labute approximate surface area is 47.1 Å². The van der Waals surface area contributed by atoms with Gasteiger partial charge in [0.25, 0.3) is 0 Å². The van der Waals surface area contributed by atoms with Crippen LogP contribution in [0.2, 0.25) is 0 Å². The van der Waals surface area contributed by atoms with Crippen LogP contribution < -0.4 is 5.32 Å². The molecular weight excluding hydrogens is 106 g/mol. The second kappa shape index (κ2) is 5.85. The quantitative estimate of drug-likeness (QED) is 0.329. The zero-order valence-electron chi connectivity index (χ0n) is 4.35. The van der Waals surface area contributed by atoms with Gasteiger partial charge in [-0.05, 0) is 0 Å². The minimum Gasteiger partial charge on any atom is -0.375 e. The van der Waals surface area contributed by atoms with Gasteiger partial charge in [-0.15, -0.1) is 0 Å². The summed E-state index contributed by atoms with van der Waals surface area (Å²) in [7, 11) is 0. The van der Waals surface area contributed by atoms with Gasteiger partial charge < -0.3 is 5.32 Å². The monoisotopic (exact) mass is 113 g/mol. The normalized spacial score (nSPS) is 13.0. The lowest BCUT2D eigenvalue weighted by Crippen LogP contribution is -2.04. The van der Waals surface area contributed by atoms with Crippen molar-refractivity contribution < 1.29 is 4.79 Å². The summed E-state index contributed by atoms with van der Waals surface area (Å²) in [5, 5.41) is 8.33. The molecule has 1 rings (SSSR count). The van der Waals surface area contributed by atoms with E-state index in [-0.39, 0.29) is 0 Å². The first-order valence-electron chi connectivity index (χ1n) is 2.17. The van der Waals surface area contributed by atoms with Crippen LogP contribution in [0.25, 0.3) is 0 Å². The first kappa shape index (κ1) is 6.85. The molecule has 0 aromatic rings. The minimum atomic E-state index is 0.750. The zero-order valence-corrected chi connectivity index (χ0v) is 4.35. The molecule has 0 aromatic heterocycles. The molecule has 2 N–H and O–H groups in total. The Balaban J connectivity index is 0.000000145. The summed E-state index contributed by atoms with van der Waals surface area (Å²) in [5.41, 5.74) is 0. The number of nitrogens with one attached hydrogen (secondary N) is 2. The SMILES string of the molecule is C1=NCCN1.N=C=O. The largest absolute Gasteiger partial charge is 0.375 e. The molecule has 0 fully saturated rings. The van der Waals surface area contributed by atoms with Gasteiger partial charge in [0, 0.05) is 6.54 Å². The topological polar surface area (TPSA) is 65.3 Å². The van der Waals surface area contributed by atoms with Crippen LogP contribution in [0, 0.1) is 5.41 Å². The van der Waals surface area contributed by atoms with Crippen LogP contribution in [-0.4, -0.2) is 25.5 Å². The molecule has 0 atom stereocenters. The zero-order chi connectivity index (χ0) is 6.24. The van der Waals surface area contributed by atoms with E-state index < -0.39 is 0 Å². The van der Waals surface area contributed by atoms with Crippen molar-refractivity contribution in [3.63, 3.8) is 0 Å². The molecule has 4 nitrogen and oxygen atoms in total. The Hall–Kier alpha value is -1.15. The van der Waals surface area contributed by atoms with E-state index in [0.717, 1.165) is 19.2 Å². The van der Waals surface area contributed by atoms with Gasteiger partial charge in [-0.3, -0.25) is 4.99 Å². The van der Waals surface area contributed by atoms with E-state index in [9.17, 15) is 0 Å². The van der Waals surface area contributed by atoms with Crippen molar-refractivity contribution in [3.8, 4) is 0 Å². The highest BCUT2D eigenvalue weighted by Gasteiger charge is 1.82. The number of rotatable bonds is 0. The van der Waals surface area contributed by atoms with Crippen molar-refractivity contribution in [2.45, 2.75) is 0 Å². The summed E-state index contributed by atoms with van der Waals surface area (Å²) in [6.45, 7) is 1.99. The number of carbonyl (C=O) groups excluding carboxylic acids is 1. The molecule has 0 saturated carbocycles. The summed E-state index contributed by atoms with van der Waals surface area (Å²) in [6.07, 6.45) is 2.49. The number of isocyanates is 1. The van der Waals surface area contributed by atoms with Crippen molar-refractivity contribution >= 4 is 12.4 Å². The number of hydrogen-bond donors (Lipinski definition) is 2. The number of aliphatic imine (C=N–C) groups is 1. The van der Waals surface area contributed by atoms with Gasteiger partial charge in [-0.2, -0.15) is 0 Å².